The predicted molar refractivity (Wildman–Crippen MR) is 57.2 cm³/mol. The van der Waals surface area contributed by atoms with Crippen molar-refractivity contribution in [1.29, 1.82) is 0 Å². The summed E-state index contributed by atoms with van der Waals surface area (Å²) in [4.78, 5) is 25.9. The lowest BCUT2D eigenvalue weighted by Crippen LogP contribution is -2.06. The van der Waals surface area contributed by atoms with Gasteiger partial charge in [0.2, 0.25) is 0 Å². The Labute approximate surface area is 96.1 Å². The first-order valence-electron chi connectivity index (χ1n) is 4.46. The normalized spacial score (nSPS) is 9.06. The second-order valence-electron chi connectivity index (χ2n) is 2.62. The molecule has 0 saturated heterocycles. The fourth-order valence-electron chi connectivity index (χ4n) is 0.880. The zero-order valence-corrected chi connectivity index (χ0v) is 9.34. The van der Waals surface area contributed by atoms with Crippen molar-refractivity contribution in [1.82, 2.24) is 4.98 Å². The molecule has 0 saturated carbocycles. The predicted octanol–water partition coefficient (Wildman–Crippen LogP) is 1.15. The Bertz CT molecular complexity index is 455. The molecule has 16 heavy (non-hydrogen) atoms. The number of thiazole rings is 1. The van der Waals surface area contributed by atoms with Crippen LogP contribution >= 0.6 is 11.3 Å². The van der Waals surface area contributed by atoms with Gasteiger partial charge in [-0.1, -0.05) is 11.8 Å². The van der Waals surface area contributed by atoms with Crippen LogP contribution in [-0.4, -0.2) is 28.6 Å². The summed E-state index contributed by atoms with van der Waals surface area (Å²) >= 11 is 1.18. The van der Waals surface area contributed by atoms with Crippen LogP contribution in [0.25, 0.3) is 0 Å². The fourth-order valence-corrected chi connectivity index (χ4v) is 1.52. The largest absolute Gasteiger partial charge is 0.481 e. The number of carbonyl (C=O) groups is 2. The number of hydrogen-bond acceptors (Lipinski definition) is 5. The molecule has 0 aliphatic carbocycles. The zero-order chi connectivity index (χ0) is 12.0. The Kier molecular flexibility index (Phi) is 4.48. The van der Waals surface area contributed by atoms with Gasteiger partial charge in [-0.25, -0.2) is 9.78 Å². The van der Waals surface area contributed by atoms with Gasteiger partial charge in [-0.2, -0.15) is 0 Å². The number of aromatic nitrogens is 1. The molecule has 0 radical (unpaired) electrons. The van der Waals surface area contributed by atoms with Crippen LogP contribution in [0.4, 0.5) is 0 Å². The fraction of sp³-hybridized carbons (Fsp3) is 0.300. The van der Waals surface area contributed by atoms with E-state index in [4.69, 9.17) is 9.84 Å². The molecule has 0 fully saturated rings. The Balaban J connectivity index is 2.80. The molecule has 0 amide bonds. The van der Waals surface area contributed by atoms with Crippen molar-refractivity contribution in [3.63, 3.8) is 0 Å². The molecule has 0 aliphatic rings. The minimum atomic E-state index is -1.00. The SMILES string of the molecule is CCOC(=O)c1ncsc1C#CCC(=O)O. The van der Waals surface area contributed by atoms with Gasteiger partial charge in [-0.15, -0.1) is 11.3 Å². The molecule has 1 rings (SSSR count). The number of ether oxygens (including phenoxy) is 1. The molecule has 1 heterocycles. The molecule has 6 heteroatoms. The zero-order valence-electron chi connectivity index (χ0n) is 8.52. The maximum atomic E-state index is 11.4. The first-order chi connectivity index (χ1) is 7.65. The molecule has 0 aliphatic heterocycles. The maximum Gasteiger partial charge on any atom is 0.359 e. The van der Waals surface area contributed by atoms with Gasteiger partial charge in [0, 0.05) is 0 Å². The third-order valence-corrected chi connectivity index (χ3v) is 2.22. The van der Waals surface area contributed by atoms with Crippen molar-refractivity contribution in [2.75, 3.05) is 6.61 Å². The first-order valence-corrected chi connectivity index (χ1v) is 5.34. The van der Waals surface area contributed by atoms with Crippen LogP contribution in [0, 0.1) is 11.8 Å². The average molecular weight is 239 g/mol. The van der Waals surface area contributed by atoms with Gasteiger partial charge in [-0.05, 0) is 6.92 Å². The molecule has 0 spiro atoms. The van der Waals surface area contributed by atoms with Gasteiger partial charge in [0.15, 0.2) is 5.69 Å². The first kappa shape index (κ1) is 12.2. The van der Waals surface area contributed by atoms with Gasteiger partial charge in [0.05, 0.1) is 12.1 Å². The van der Waals surface area contributed by atoms with E-state index in [-0.39, 0.29) is 18.7 Å². The highest BCUT2D eigenvalue weighted by Crippen LogP contribution is 2.12. The monoisotopic (exact) mass is 239 g/mol. The van der Waals surface area contributed by atoms with Crippen LogP contribution in [0.15, 0.2) is 5.51 Å². The molecular formula is C10H9NO4S. The van der Waals surface area contributed by atoms with Crippen molar-refractivity contribution in [2.24, 2.45) is 0 Å². The third kappa shape index (κ3) is 3.37. The van der Waals surface area contributed by atoms with Crippen molar-refractivity contribution in [3.05, 3.63) is 16.1 Å². The smallest absolute Gasteiger partial charge is 0.359 e. The molecule has 1 N–H and O–H groups in total. The highest BCUT2D eigenvalue weighted by molar-refractivity contribution is 7.10. The number of carboxylic acids is 1. The molecule has 1 aromatic heterocycles. The van der Waals surface area contributed by atoms with Gasteiger partial charge < -0.3 is 9.84 Å². The number of carboxylic acid groups (broad SMARTS) is 1. The molecule has 0 bridgehead atoms. The van der Waals surface area contributed by atoms with Crippen LogP contribution in [0.5, 0.6) is 0 Å². The second kappa shape index (κ2) is 5.88. The highest BCUT2D eigenvalue weighted by Gasteiger charge is 2.14. The lowest BCUT2D eigenvalue weighted by atomic mass is 10.3. The van der Waals surface area contributed by atoms with E-state index in [0.29, 0.717) is 4.88 Å². The van der Waals surface area contributed by atoms with E-state index in [1.807, 2.05) is 0 Å². The van der Waals surface area contributed by atoms with Crippen LogP contribution in [0.3, 0.4) is 0 Å². The Hall–Kier alpha value is -1.87. The molecule has 0 aromatic carbocycles. The van der Waals surface area contributed by atoms with Crippen LogP contribution in [0.2, 0.25) is 0 Å². The van der Waals surface area contributed by atoms with Crippen LogP contribution in [-0.2, 0) is 9.53 Å². The summed E-state index contributed by atoms with van der Waals surface area (Å²) in [6.45, 7) is 1.96. The minimum Gasteiger partial charge on any atom is -0.481 e. The standard InChI is InChI=1S/C10H9NO4S/c1-2-15-10(14)9-7(16-6-11-9)4-3-5-8(12)13/h6H,2,5H2,1H3,(H,12,13). The van der Waals surface area contributed by atoms with Crippen LogP contribution < -0.4 is 0 Å². The van der Waals surface area contributed by atoms with E-state index in [1.165, 1.54) is 16.8 Å². The van der Waals surface area contributed by atoms with Gasteiger partial charge >= 0.3 is 11.9 Å². The van der Waals surface area contributed by atoms with E-state index in [0.717, 1.165) is 0 Å². The molecule has 0 atom stereocenters. The van der Waals surface area contributed by atoms with Crippen molar-refractivity contribution >= 4 is 23.3 Å². The van der Waals surface area contributed by atoms with Crippen molar-refractivity contribution in [2.45, 2.75) is 13.3 Å². The Morgan fingerprint density at radius 1 is 1.62 bits per heavy atom. The lowest BCUT2D eigenvalue weighted by molar-refractivity contribution is -0.135. The highest BCUT2D eigenvalue weighted by atomic mass is 32.1. The number of hydrogen-bond donors (Lipinski definition) is 1. The number of aliphatic carboxylic acids is 1. The maximum absolute atomic E-state index is 11.4. The molecule has 5 nitrogen and oxygen atoms in total. The number of nitrogens with zero attached hydrogens (tertiary/aromatic N) is 1. The third-order valence-electron chi connectivity index (χ3n) is 1.48. The Morgan fingerprint density at radius 2 is 2.38 bits per heavy atom. The average Bonchev–Trinajstić information content (AvgIpc) is 2.66. The van der Waals surface area contributed by atoms with Crippen molar-refractivity contribution in [3.8, 4) is 11.8 Å². The van der Waals surface area contributed by atoms with E-state index < -0.39 is 11.9 Å². The lowest BCUT2D eigenvalue weighted by Gasteiger charge is -1.97. The van der Waals surface area contributed by atoms with Crippen LogP contribution in [0.1, 0.15) is 28.7 Å². The number of esters is 1. The van der Waals surface area contributed by atoms with E-state index in [9.17, 15) is 9.59 Å². The summed E-state index contributed by atoms with van der Waals surface area (Å²) < 4.78 is 4.78. The Morgan fingerprint density at radius 3 is 3.00 bits per heavy atom. The van der Waals surface area contributed by atoms with Gasteiger partial charge in [0.1, 0.15) is 11.3 Å². The summed E-state index contributed by atoms with van der Waals surface area (Å²) in [5.41, 5.74) is 1.61. The topological polar surface area (TPSA) is 76.5 Å². The summed E-state index contributed by atoms with van der Waals surface area (Å²) in [5, 5.41) is 8.40. The number of carbonyl (C=O) groups excluding carboxylic acids is 1. The quantitative estimate of drug-likeness (QED) is 0.632. The van der Waals surface area contributed by atoms with Gasteiger partial charge in [0.25, 0.3) is 0 Å². The summed E-state index contributed by atoms with van der Waals surface area (Å²) in [5.74, 6) is 3.48. The molecular weight excluding hydrogens is 230 g/mol. The second-order valence-corrected chi connectivity index (χ2v) is 3.48. The molecule has 0 unspecified atom stereocenters. The van der Waals surface area contributed by atoms with Gasteiger partial charge in [-0.3, -0.25) is 4.79 Å². The summed E-state index contributed by atoms with van der Waals surface area (Å²) in [7, 11) is 0. The van der Waals surface area contributed by atoms with E-state index in [2.05, 4.69) is 16.8 Å². The van der Waals surface area contributed by atoms with E-state index >= 15 is 0 Å². The molecule has 1 aromatic rings. The summed E-state index contributed by atoms with van der Waals surface area (Å²) in [6.07, 6.45) is -0.264. The summed E-state index contributed by atoms with van der Waals surface area (Å²) in [6, 6.07) is 0. The minimum absolute atomic E-state index is 0.143. The van der Waals surface area contributed by atoms with E-state index in [1.54, 1.807) is 6.92 Å². The molecule has 84 valence electrons. The number of rotatable bonds is 3. The van der Waals surface area contributed by atoms with Crippen molar-refractivity contribution < 1.29 is 19.4 Å².